The highest BCUT2D eigenvalue weighted by Crippen LogP contribution is 2.46. The molecule has 5 aliphatic rings. The number of nitrogens with zero attached hydrogens (tertiary/aromatic N) is 2. The molecule has 0 spiro atoms. The third-order valence-electron chi connectivity index (χ3n) is 12.4. The van der Waals surface area contributed by atoms with Gasteiger partial charge in [-0.15, -0.1) is 18.3 Å². The predicted octanol–water partition coefficient (Wildman–Crippen LogP) is 5.41. The number of hydrogen-bond acceptors (Lipinski definition) is 11. The number of fused-ring (bicyclic) bond motifs is 3. The van der Waals surface area contributed by atoms with Crippen molar-refractivity contribution in [1.82, 2.24) is 25.2 Å². The highest BCUT2D eigenvalue weighted by molar-refractivity contribution is 7.99. The summed E-state index contributed by atoms with van der Waals surface area (Å²) in [4.78, 5) is 63.1. The first-order valence-corrected chi connectivity index (χ1v) is 23.3. The van der Waals surface area contributed by atoms with Crippen LogP contribution in [0.2, 0.25) is 0 Å². The number of benzene rings is 1. The number of rotatable bonds is 10. The summed E-state index contributed by atoms with van der Waals surface area (Å²) in [6.45, 7) is 10.1. The first-order chi connectivity index (χ1) is 27.7. The van der Waals surface area contributed by atoms with Gasteiger partial charge in [0.15, 0.2) is 0 Å². The van der Waals surface area contributed by atoms with Gasteiger partial charge in [0.05, 0.1) is 31.0 Å². The zero-order chi connectivity index (χ0) is 41.4. The van der Waals surface area contributed by atoms with E-state index in [-0.39, 0.29) is 37.3 Å². The summed E-state index contributed by atoms with van der Waals surface area (Å²) in [6.07, 6.45) is 7.86. The number of amides is 4. The number of aromatic nitrogens is 1. The molecule has 4 fully saturated rings. The lowest BCUT2D eigenvalue weighted by Gasteiger charge is -2.35. The van der Waals surface area contributed by atoms with Crippen LogP contribution in [0.15, 0.2) is 35.9 Å². The summed E-state index contributed by atoms with van der Waals surface area (Å²) >= 11 is 1.57. The van der Waals surface area contributed by atoms with Gasteiger partial charge in [-0.25, -0.2) is 18.2 Å². The fourth-order valence-electron chi connectivity index (χ4n) is 8.81. The van der Waals surface area contributed by atoms with Crippen molar-refractivity contribution in [1.29, 1.82) is 0 Å². The van der Waals surface area contributed by atoms with Crippen molar-refractivity contribution in [2.24, 2.45) is 17.3 Å². The minimum Gasteiger partial charge on any atom is -0.496 e. The van der Waals surface area contributed by atoms with Crippen molar-refractivity contribution in [3.05, 3.63) is 36.4 Å². The Morgan fingerprint density at radius 3 is 2.55 bits per heavy atom. The largest absolute Gasteiger partial charge is 0.496 e. The van der Waals surface area contributed by atoms with Crippen LogP contribution in [0, 0.1) is 17.3 Å². The third kappa shape index (κ3) is 9.07. The molecule has 58 heavy (non-hydrogen) atoms. The molecule has 3 aliphatic carbocycles. The Kier molecular flexibility index (Phi) is 12.3. The second-order valence-electron chi connectivity index (χ2n) is 17.4. The molecule has 16 heteroatoms. The maximum Gasteiger partial charge on any atom is 0.407 e. The highest BCUT2D eigenvalue weighted by atomic mass is 32.2. The lowest BCUT2D eigenvalue weighted by molar-refractivity contribution is -0.142. The number of sulfonamides is 1. The molecule has 1 saturated heterocycles. The number of alkyl carbamates (subject to hydrolysis) is 1. The number of hydrogen-bond donors (Lipinski definition) is 3. The van der Waals surface area contributed by atoms with Gasteiger partial charge in [-0.2, -0.15) is 0 Å². The van der Waals surface area contributed by atoms with Crippen LogP contribution in [-0.2, 0) is 35.6 Å². The van der Waals surface area contributed by atoms with Crippen molar-refractivity contribution >= 4 is 56.5 Å². The molecule has 4 bridgehead atoms. The first kappa shape index (κ1) is 42.1. The van der Waals surface area contributed by atoms with Gasteiger partial charge in [-0.05, 0) is 80.1 Å². The normalized spacial score (nSPS) is 28.0. The van der Waals surface area contributed by atoms with Crippen LogP contribution in [0.1, 0.15) is 97.0 Å². The Labute approximate surface area is 345 Å². The van der Waals surface area contributed by atoms with Crippen molar-refractivity contribution in [3.63, 3.8) is 0 Å². The standard InChI is InChI=1S/C42H57N5O9S2/c1-6-27-22-42(27,39(50)46-58(52,53)29-15-16-29)45-37(48)32-19-28-23-47(32)38(49)36(25-12-9-8-10-13-25)44-40(51)55-24-41(3,4)17-11-14-26-18-30-31(20-33(26)54-5)43-35(57-7-2)21-34(30)56-28/h6,18,20-21,25,27-29,32,36H,1,7-17,19,22-24H2,2-5H3,(H,44,51)(H,45,48)(H,46,50)/t27-,28+,32-,36-,42?/m0/s1. The van der Waals surface area contributed by atoms with Gasteiger partial charge in [0.2, 0.25) is 21.8 Å². The van der Waals surface area contributed by atoms with E-state index in [1.807, 2.05) is 39.0 Å². The maximum atomic E-state index is 14.9. The van der Waals surface area contributed by atoms with Crippen LogP contribution in [0.4, 0.5) is 4.79 Å². The summed E-state index contributed by atoms with van der Waals surface area (Å²) in [7, 11) is -2.27. The lowest BCUT2D eigenvalue weighted by atomic mass is 9.83. The van der Waals surface area contributed by atoms with Crippen LogP contribution >= 0.6 is 11.8 Å². The number of nitrogens with one attached hydrogen (secondary N) is 3. The number of carbonyl (C=O) groups excluding carboxylic acids is 4. The summed E-state index contributed by atoms with van der Waals surface area (Å²) < 4.78 is 46.3. The van der Waals surface area contributed by atoms with Gasteiger partial charge < -0.3 is 29.7 Å². The molecule has 7 rings (SSSR count). The average molecular weight is 840 g/mol. The number of carbonyl (C=O) groups is 4. The molecule has 3 heterocycles. The van der Waals surface area contributed by atoms with Crippen LogP contribution in [0.5, 0.6) is 11.5 Å². The Morgan fingerprint density at radius 1 is 1.12 bits per heavy atom. The quantitative estimate of drug-likeness (QED) is 0.206. The first-order valence-electron chi connectivity index (χ1n) is 20.7. The lowest BCUT2D eigenvalue weighted by Crippen LogP contribution is -2.59. The Balaban J connectivity index is 1.27. The van der Waals surface area contributed by atoms with E-state index in [9.17, 15) is 27.6 Å². The molecular formula is C42H57N5O9S2. The highest BCUT2D eigenvalue weighted by Gasteiger charge is 2.62. The van der Waals surface area contributed by atoms with E-state index in [1.54, 1.807) is 18.9 Å². The number of methoxy groups -OCH3 is 1. The molecule has 1 unspecified atom stereocenters. The summed E-state index contributed by atoms with van der Waals surface area (Å²) in [5.74, 6) is -0.517. The molecule has 1 aromatic carbocycles. The van der Waals surface area contributed by atoms with Crippen LogP contribution in [0.3, 0.4) is 0 Å². The number of thioether (sulfide) groups is 1. The van der Waals surface area contributed by atoms with Crippen molar-refractivity contribution in [2.75, 3.05) is 26.0 Å². The second-order valence-corrected chi connectivity index (χ2v) is 20.6. The minimum absolute atomic E-state index is 0.0210. The van der Waals surface area contributed by atoms with Crippen LogP contribution < -0.4 is 24.8 Å². The molecule has 5 atom stereocenters. The van der Waals surface area contributed by atoms with Gasteiger partial charge in [0.1, 0.15) is 40.3 Å². The molecule has 4 amide bonds. The van der Waals surface area contributed by atoms with E-state index in [4.69, 9.17) is 19.2 Å². The van der Waals surface area contributed by atoms with E-state index in [0.29, 0.717) is 36.3 Å². The third-order valence-corrected chi connectivity index (χ3v) is 15.0. The number of cyclic esters (lactones) is 1. The maximum absolute atomic E-state index is 14.9. The molecule has 14 nitrogen and oxygen atoms in total. The molecule has 3 N–H and O–H groups in total. The van der Waals surface area contributed by atoms with Gasteiger partial charge in [-0.1, -0.05) is 46.1 Å². The Hall–Kier alpha value is -4.05. The summed E-state index contributed by atoms with van der Waals surface area (Å²) in [6, 6.07) is 3.79. The minimum atomic E-state index is -3.90. The molecule has 2 aliphatic heterocycles. The van der Waals surface area contributed by atoms with Crippen LogP contribution in [0.25, 0.3) is 10.9 Å². The summed E-state index contributed by atoms with van der Waals surface area (Å²) in [5, 5.41) is 6.68. The van der Waals surface area contributed by atoms with Gasteiger partial charge in [-0.3, -0.25) is 19.1 Å². The van der Waals surface area contributed by atoms with Gasteiger partial charge >= 0.3 is 6.09 Å². The Morgan fingerprint density at radius 2 is 1.88 bits per heavy atom. The van der Waals surface area contributed by atoms with E-state index >= 15 is 0 Å². The van der Waals surface area contributed by atoms with E-state index in [0.717, 1.165) is 66.7 Å². The van der Waals surface area contributed by atoms with Crippen molar-refractivity contribution < 1.29 is 41.8 Å². The number of ether oxygens (including phenoxy) is 3. The summed E-state index contributed by atoms with van der Waals surface area (Å²) in [5.41, 5.74) is -0.244. The Bertz CT molecular complexity index is 2050. The SMILES string of the molecule is C=C[C@H]1CC1(NC(=O)[C@@H]1C[C@@H]2CN1C(=O)[C@H](C1CCCCC1)NC(=O)OCC(C)(C)CCCc1cc3c(cc(SCC)nc3cc1OC)O2)C(=O)NS(=O)(=O)C1CC1. The zero-order valence-corrected chi connectivity index (χ0v) is 35.6. The fraction of sp³-hybridized carbons (Fsp3) is 0.643. The number of pyridine rings is 1. The molecule has 316 valence electrons. The van der Waals surface area contributed by atoms with Gasteiger partial charge in [0, 0.05) is 29.9 Å². The fourth-order valence-corrected chi connectivity index (χ4v) is 10.8. The van der Waals surface area contributed by atoms with E-state index in [2.05, 4.69) is 21.9 Å². The smallest absolute Gasteiger partial charge is 0.407 e. The number of aryl methyl sites for hydroxylation is 1. The van der Waals surface area contributed by atoms with E-state index < -0.39 is 68.7 Å². The topological polar surface area (TPSA) is 182 Å². The average Bonchev–Trinajstić information content (AvgIpc) is 4.12. The molecule has 3 saturated carbocycles. The predicted molar refractivity (Wildman–Crippen MR) is 220 cm³/mol. The van der Waals surface area contributed by atoms with Crippen LogP contribution in [-0.4, -0.2) is 97.1 Å². The molecule has 2 aromatic rings. The monoisotopic (exact) mass is 839 g/mol. The zero-order valence-electron chi connectivity index (χ0n) is 34.0. The molecular weight excluding hydrogens is 783 g/mol. The van der Waals surface area contributed by atoms with Gasteiger partial charge in [0.25, 0.3) is 5.91 Å². The van der Waals surface area contributed by atoms with Crippen molar-refractivity contribution in [2.45, 2.75) is 132 Å². The van der Waals surface area contributed by atoms with Crippen molar-refractivity contribution in [3.8, 4) is 11.5 Å². The van der Waals surface area contributed by atoms with E-state index in [1.165, 1.54) is 11.0 Å². The second kappa shape index (κ2) is 16.9. The molecule has 1 aromatic heterocycles. The molecule has 0 radical (unpaired) electrons.